The van der Waals surface area contributed by atoms with Crippen LogP contribution in [0.25, 0.3) is 16.9 Å². The van der Waals surface area contributed by atoms with Gasteiger partial charge in [0.2, 0.25) is 0 Å². The Labute approximate surface area is 212 Å². The molecule has 4 aromatic rings. The van der Waals surface area contributed by atoms with Crippen LogP contribution >= 0.6 is 23.4 Å². The number of nitrogens with zero attached hydrogens (tertiary/aromatic N) is 6. The zero-order valence-corrected chi connectivity index (χ0v) is 20.9. The third-order valence-corrected chi connectivity index (χ3v) is 8.76. The molecule has 2 aliphatic heterocycles. The van der Waals surface area contributed by atoms with Crippen LogP contribution < -0.4 is 10.6 Å². The minimum atomic E-state index is 0.0956. The molecule has 1 spiro atoms. The lowest BCUT2D eigenvalue weighted by atomic mass is 9.73. The van der Waals surface area contributed by atoms with Crippen molar-refractivity contribution in [2.45, 2.75) is 41.8 Å². The van der Waals surface area contributed by atoms with E-state index in [1.54, 1.807) is 10.7 Å². The number of benzene rings is 1. The van der Waals surface area contributed by atoms with Crippen molar-refractivity contribution in [2.24, 2.45) is 11.1 Å². The largest absolute Gasteiger partial charge is 0.376 e. The zero-order chi connectivity index (χ0) is 24.0. The van der Waals surface area contributed by atoms with Gasteiger partial charge in [-0.2, -0.15) is 5.10 Å². The van der Waals surface area contributed by atoms with Gasteiger partial charge < -0.3 is 15.4 Å². The number of fused-ring (bicyclic) bond motifs is 1. The minimum absolute atomic E-state index is 0.0956. The average molecular weight is 508 g/mol. The highest BCUT2D eigenvalue weighted by atomic mass is 35.5. The summed E-state index contributed by atoms with van der Waals surface area (Å²) < 4.78 is 7.57. The lowest BCUT2D eigenvalue weighted by Crippen LogP contribution is -2.50. The number of ether oxygens (including phenoxy) is 1. The Morgan fingerprint density at radius 3 is 2.74 bits per heavy atom. The lowest BCUT2D eigenvalue weighted by Gasteiger charge is -2.41. The van der Waals surface area contributed by atoms with Gasteiger partial charge in [-0.25, -0.2) is 19.5 Å². The molecule has 2 atom stereocenters. The molecule has 0 radical (unpaired) electrons. The Kier molecular flexibility index (Phi) is 5.88. The predicted molar refractivity (Wildman–Crippen MR) is 137 cm³/mol. The number of rotatable bonds is 4. The van der Waals surface area contributed by atoms with Gasteiger partial charge in [-0.15, -0.1) is 0 Å². The fraction of sp³-hybridized carbons (Fsp3) is 0.360. The fourth-order valence-corrected chi connectivity index (χ4v) is 6.16. The molecule has 1 aromatic carbocycles. The van der Waals surface area contributed by atoms with Crippen LogP contribution in [0.5, 0.6) is 0 Å². The maximum Gasteiger partial charge on any atom is 0.155 e. The lowest BCUT2D eigenvalue weighted by molar-refractivity contribution is 0.0974. The predicted octanol–water partition coefficient (Wildman–Crippen LogP) is 4.32. The first-order valence-corrected chi connectivity index (χ1v) is 12.9. The van der Waals surface area contributed by atoms with E-state index in [1.807, 2.05) is 48.9 Å². The van der Waals surface area contributed by atoms with Gasteiger partial charge in [-0.3, -0.25) is 0 Å². The van der Waals surface area contributed by atoms with Gasteiger partial charge in [-0.05, 0) is 31.9 Å². The molecule has 2 fully saturated rings. The number of piperidine rings is 1. The van der Waals surface area contributed by atoms with Crippen LogP contribution in [-0.2, 0) is 4.74 Å². The van der Waals surface area contributed by atoms with Crippen molar-refractivity contribution in [3.05, 3.63) is 60.1 Å². The number of halogens is 1. The van der Waals surface area contributed by atoms with E-state index < -0.39 is 0 Å². The molecule has 5 heterocycles. The summed E-state index contributed by atoms with van der Waals surface area (Å²) >= 11 is 8.29. The molecular weight excluding hydrogens is 482 g/mol. The van der Waals surface area contributed by atoms with Crippen molar-refractivity contribution >= 4 is 34.8 Å². The van der Waals surface area contributed by atoms with Gasteiger partial charge in [0.1, 0.15) is 10.8 Å². The van der Waals surface area contributed by atoms with Crippen LogP contribution in [-0.4, -0.2) is 56.4 Å². The number of hydrogen-bond acceptors (Lipinski definition) is 8. The number of aromatic nitrogens is 5. The van der Waals surface area contributed by atoms with Crippen LogP contribution in [0.3, 0.4) is 0 Å². The normalized spacial score (nSPS) is 21.7. The fourth-order valence-electron chi connectivity index (χ4n) is 5.04. The standard InChI is InChI=1S/C25H26ClN7OS/c1-16-24(27)25(15-34-16)7-11-32(12-8-25)21-13-29-22(14-28-21)35-19-4-2-3-17(23(19)26)18-6-10-33-20(31-18)5-9-30-33/h2-6,9-10,13-14,16,24H,7-8,11-12,15,27H2,1H3/t16-,24+/m1/s1. The van der Waals surface area contributed by atoms with Crippen molar-refractivity contribution in [1.82, 2.24) is 24.6 Å². The second-order valence-electron chi connectivity index (χ2n) is 9.27. The molecule has 0 saturated carbocycles. The molecule has 2 aliphatic rings. The van der Waals surface area contributed by atoms with Crippen molar-refractivity contribution in [3.63, 3.8) is 0 Å². The summed E-state index contributed by atoms with van der Waals surface area (Å²) in [6.45, 7) is 4.65. The van der Waals surface area contributed by atoms with Crippen LogP contribution in [0, 0.1) is 5.41 Å². The zero-order valence-electron chi connectivity index (χ0n) is 19.3. The first-order chi connectivity index (χ1) is 17.0. The van der Waals surface area contributed by atoms with Gasteiger partial charge >= 0.3 is 0 Å². The third-order valence-electron chi connectivity index (χ3n) is 7.26. The molecule has 0 unspecified atom stereocenters. The number of nitrogens with two attached hydrogens (primary N) is 1. The molecule has 2 saturated heterocycles. The minimum Gasteiger partial charge on any atom is -0.376 e. The smallest absolute Gasteiger partial charge is 0.155 e. The summed E-state index contributed by atoms with van der Waals surface area (Å²) in [6.07, 6.45) is 9.43. The molecule has 0 bridgehead atoms. The summed E-state index contributed by atoms with van der Waals surface area (Å²) in [5.41, 5.74) is 9.00. The molecule has 6 rings (SSSR count). The molecule has 3 aromatic heterocycles. The van der Waals surface area contributed by atoms with E-state index in [2.05, 4.69) is 26.9 Å². The van der Waals surface area contributed by atoms with Crippen LogP contribution in [0.1, 0.15) is 19.8 Å². The molecule has 2 N–H and O–H groups in total. The first-order valence-electron chi connectivity index (χ1n) is 11.7. The molecule has 35 heavy (non-hydrogen) atoms. The van der Waals surface area contributed by atoms with E-state index in [4.69, 9.17) is 27.1 Å². The highest BCUT2D eigenvalue weighted by Crippen LogP contribution is 2.42. The Balaban J connectivity index is 1.16. The number of hydrogen-bond donors (Lipinski definition) is 1. The SMILES string of the molecule is C[C@H]1OCC2(CCN(c3cnc(Sc4cccc(-c5ccn6nccc6n5)c4Cl)cn3)CC2)[C@H]1N. The van der Waals surface area contributed by atoms with Gasteiger partial charge in [0.15, 0.2) is 5.65 Å². The summed E-state index contributed by atoms with van der Waals surface area (Å²) in [5.74, 6) is 0.892. The Morgan fingerprint density at radius 1 is 1.14 bits per heavy atom. The molecular formula is C25H26ClN7OS. The van der Waals surface area contributed by atoms with E-state index in [0.29, 0.717) is 5.02 Å². The summed E-state index contributed by atoms with van der Waals surface area (Å²) in [7, 11) is 0. The van der Waals surface area contributed by atoms with E-state index >= 15 is 0 Å². The Bertz CT molecular complexity index is 1350. The van der Waals surface area contributed by atoms with E-state index in [0.717, 1.165) is 65.2 Å². The Morgan fingerprint density at radius 2 is 2.00 bits per heavy atom. The van der Waals surface area contributed by atoms with Crippen LogP contribution in [0.15, 0.2) is 65.0 Å². The van der Waals surface area contributed by atoms with Crippen LogP contribution in [0.2, 0.25) is 5.02 Å². The topological polar surface area (TPSA) is 94.5 Å². The molecule has 10 heteroatoms. The maximum atomic E-state index is 6.79. The van der Waals surface area contributed by atoms with Gasteiger partial charge in [0.25, 0.3) is 0 Å². The van der Waals surface area contributed by atoms with Crippen molar-refractivity contribution in [1.29, 1.82) is 0 Å². The Hall–Kier alpha value is -2.72. The van der Waals surface area contributed by atoms with Crippen molar-refractivity contribution < 1.29 is 4.74 Å². The van der Waals surface area contributed by atoms with E-state index in [-0.39, 0.29) is 17.6 Å². The highest BCUT2D eigenvalue weighted by molar-refractivity contribution is 7.99. The highest BCUT2D eigenvalue weighted by Gasteiger charge is 2.47. The van der Waals surface area contributed by atoms with Gasteiger partial charge in [0.05, 0.1) is 42.0 Å². The second-order valence-corrected chi connectivity index (χ2v) is 10.7. The maximum absolute atomic E-state index is 6.79. The summed E-state index contributed by atoms with van der Waals surface area (Å²) in [4.78, 5) is 17.2. The molecule has 180 valence electrons. The number of anilines is 1. The third kappa shape index (κ3) is 4.16. The van der Waals surface area contributed by atoms with E-state index in [1.165, 1.54) is 11.8 Å². The van der Waals surface area contributed by atoms with Gasteiger partial charge in [0, 0.05) is 47.3 Å². The first kappa shape index (κ1) is 22.7. The molecule has 0 aliphatic carbocycles. The van der Waals surface area contributed by atoms with Crippen molar-refractivity contribution in [3.8, 4) is 11.3 Å². The summed E-state index contributed by atoms with van der Waals surface area (Å²) in [5, 5.41) is 5.64. The van der Waals surface area contributed by atoms with Crippen LogP contribution in [0.4, 0.5) is 5.82 Å². The average Bonchev–Trinajstić information content (AvgIpc) is 3.46. The van der Waals surface area contributed by atoms with E-state index in [9.17, 15) is 0 Å². The van der Waals surface area contributed by atoms with Crippen molar-refractivity contribution in [2.75, 3.05) is 24.6 Å². The molecule has 8 nitrogen and oxygen atoms in total. The van der Waals surface area contributed by atoms with Gasteiger partial charge in [-0.1, -0.05) is 35.5 Å². The summed E-state index contributed by atoms with van der Waals surface area (Å²) in [6, 6.07) is 9.83. The quantitative estimate of drug-likeness (QED) is 0.436. The monoisotopic (exact) mass is 507 g/mol. The second kappa shape index (κ2) is 9.05. The molecule has 0 amide bonds.